The van der Waals surface area contributed by atoms with Gasteiger partial charge in [0.05, 0.1) is 10.0 Å². The molecule has 0 aromatic heterocycles. The molecule has 0 aliphatic rings. The molecule has 110 valence electrons. The van der Waals surface area contributed by atoms with E-state index in [1.54, 1.807) is 25.1 Å². The predicted octanol–water partition coefficient (Wildman–Crippen LogP) is 4.54. The molecule has 2 aromatic carbocycles. The van der Waals surface area contributed by atoms with Crippen LogP contribution in [0.3, 0.4) is 0 Å². The molecule has 0 saturated carbocycles. The summed E-state index contributed by atoms with van der Waals surface area (Å²) in [6.07, 6.45) is 0. The molecule has 2 aromatic rings. The van der Waals surface area contributed by atoms with Gasteiger partial charge in [-0.25, -0.2) is 4.79 Å². The van der Waals surface area contributed by atoms with Crippen LogP contribution < -0.4 is 5.32 Å². The van der Waals surface area contributed by atoms with Gasteiger partial charge >= 0.3 is 5.97 Å². The van der Waals surface area contributed by atoms with Crippen molar-refractivity contribution in [1.82, 2.24) is 0 Å². The Balaban J connectivity index is 1.88. The molecule has 0 aliphatic heterocycles. The number of hydrogen-bond donors (Lipinski definition) is 1. The second-order valence-corrected chi connectivity index (χ2v) is 5.40. The zero-order valence-corrected chi connectivity index (χ0v) is 13.0. The Labute approximate surface area is 133 Å². The third-order valence-corrected chi connectivity index (χ3v) is 3.62. The predicted molar refractivity (Wildman–Crippen MR) is 85.8 cm³/mol. The molecule has 0 saturated heterocycles. The summed E-state index contributed by atoms with van der Waals surface area (Å²) in [5, 5.41) is 3.94. The maximum absolute atomic E-state index is 11.9. The number of halogens is 2. The number of ether oxygens (including phenoxy) is 1. The van der Waals surface area contributed by atoms with E-state index in [2.05, 4.69) is 5.32 Å². The van der Waals surface area contributed by atoms with Gasteiger partial charge < -0.3 is 10.1 Å². The lowest BCUT2D eigenvalue weighted by molar-refractivity contribution is -0.145. The molecule has 0 amide bonds. The number of hydrogen-bond acceptors (Lipinski definition) is 3. The number of esters is 1. The van der Waals surface area contributed by atoms with E-state index in [4.69, 9.17) is 27.9 Å². The highest BCUT2D eigenvalue weighted by Gasteiger charge is 2.14. The molecule has 5 heteroatoms. The lowest BCUT2D eigenvalue weighted by atomic mass is 10.2. The largest absolute Gasteiger partial charge is 0.459 e. The van der Waals surface area contributed by atoms with Crippen LogP contribution in [0.5, 0.6) is 0 Å². The van der Waals surface area contributed by atoms with E-state index < -0.39 is 6.04 Å². The Kier molecular flexibility index (Phi) is 5.48. The van der Waals surface area contributed by atoms with Crippen molar-refractivity contribution in [3.8, 4) is 0 Å². The first-order chi connectivity index (χ1) is 10.1. The van der Waals surface area contributed by atoms with E-state index in [1.807, 2.05) is 30.3 Å². The molecule has 21 heavy (non-hydrogen) atoms. The molecule has 0 spiro atoms. The van der Waals surface area contributed by atoms with Crippen LogP contribution in [0.4, 0.5) is 5.69 Å². The Hall–Kier alpha value is -1.71. The number of rotatable bonds is 5. The molecule has 0 bridgehead atoms. The number of nitrogens with one attached hydrogen (secondary N) is 1. The highest BCUT2D eigenvalue weighted by atomic mass is 35.5. The summed E-state index contributed by atoms with van der Waals surface area (Å²) in [4.78, 5) is 11.9. The van der Waals surface area contributed by atoms with E-state index in [-0.39, 0.29) is 12.6 Å². The van der Waals surface area contributed by atoms with E-state index in [0.717, 1.165) is 5.56 Å². The normalized spacial score (nSPS) is 11.8. The maximum atomic E-state index is 11.9. The minimum atomic E-state index is -0.481. The lowest BCUT2D eigenvalue weighted by Gasteiger charge is -2.15. The van der Waals surface area contributed by atoms with Crippen molar-refractivity contribution in [2.75, 3.05) is 5.32 Å². The van der Waals surface area contributed by atoms with Gasteiger partial charge in [0.2, 0.25) is 0 Å². The van der Waals surface area contributed by atoms with Crippen LogP contribution in [0.1, 0.15) is 12.5 Å². The molecular formula is C16H15Cl2NO2. The summed E-state index contributed by atoms with van der Waals surface area (Å²) >= 11 is 11.8. The monoisotopic (exact) mass is 323 g/mol. The number of carbonyl (C=O) groups excluding carboxylic acids is 1. The van der Waals surface area contributed by atoms with Crippen molar-refractivity contribution in [1.29, 1.82) is 0 Å². The lowest BCUT2D eigenvalue weighted by Crippen LogP contribution is -2.28. The van der Waals surface area contributed by atoms with Crippen LogP contribution in [0, 0.1) is 0 Å². The van der Waals surface area contributed by atoms with Crippen LogP contribution >= 0.6 is 23.2 Å². The minimum Gasteiger partial charge on any atom is -0.459 e. The van der Waals surface area contributed by atoms with Crippen LogP contribution in [-0.2, 0) is 16.1 Å². The van der Waals surface area contributed by atoms with E-state index in [9.17, 15) is 4.79 Å². The smallest absolute Gasteiger partial charge is 0.328 e. The Morgan fingerprint density at radius 1 is 1.14 bits per heavy atom. The van der Waals surface area contributed by atoms with Gasteiger partial charge in [-0.1, -0.05) is 53.5 Å². The van der Waals surface area contributed by atoms with Crippen LogP contribution in [0.25, 0.3) is 0 Å². The van der Waals surface area contributed by atoms with E-state index in [1.165, 1.54) is 0 Å². The van der Waals surface area contributed by atoms with Crippen molar-refractivity contribution in [3.05, 3.63) is 64.1 Å². The summed E-state index contributed by atoms with van der Waals surface area (Å²) < 4.78 is 5.26. The highest BCUT2D eigenvalue weighted by Crippen LogP contribution is 2.25. The standard InChI is InChI=1S/C16H15Cl2NO2/c1-11(19-13-7-8-14(17)15(18)9-13)16(20)21-10-12-5-3-2-4-6-12/h2-9,11,19H,10H2,1H3/t11-/m0/s1. The fourth-order valence-corrected chi connectivity index (χ4v) is 2.05. The summed E-state index contributed by atoms with van der Waals surface area (Å²) in [7, 11) is 0. The van der Waals surface area contributed by atoms with Gasteiger partial charge in [0.25, 0.3) is 0 Å². The van der Waals surface area contributed by atoms with Crippen LogP contribution in [0.15, 0.2) is 48.5 Å². The molecule has 0 fully saturated rings. The van der Waals surface area contributed by atoms with Gasteiger partial charge in [-0.15, -0.1) is 0 Å². The summed E-state index contributed by atoms with van der Waals surface area (Å²) in [6.45, 7) is 1.99. The van der Waals surface area contributed by atoms with Gasteiger partial charge in [0.1, 0.15) is 12.6 Å². The number of anilines is 1. The molecule has 1 atom stereocenters. The average molecular weight is 324 g/mol. The number of carbonyl (C=O) groups is 1. The Bertz CT molecular complexity index is 617. The molecule has 0 radical (unpaired) electrons. The fourth-order valence-electron chi connectivity index (χ4n) is 1.75. The van der Waals surface area contributed by atoms with Gasteiger partial charge in [-0.2, -0.15) is 0 Å². The first kappa shape index (κ1) is 15.7. The molecule has 0 aliphatic carbocycles. The van der Waals surface area contributed by atoms with Crippen molar-refractivity contribution in [3.63, 3.8) is 0 Å². The molecule has 0 unspecified atom stereocenters. The summed E-state index contributed by atoms with van der Waals surface area (Å²) in [6, 6.07) is 14.2. The molecule has 0 heterocycles. The van der Waals surface area contributed by atoms with E-state index in [0.29, 0.717) is 15.7 Å². The zero-order chi connectivity index (χ0) is 15.2. The van der Waals surface area contributed by atoms with Crippen molar-refractivity contribution >= 4 is 34.9 Å². The Morgan fingerprint density at radius 2 is 1.86 bits per heavy atom. The van der Waals surface area contributed by atoms with Gasteiger partial charge in [0.15, 0.2) is 0 Å². The van der Waals surface area contributed by atoms with E-state index >= 15 is 0 Å². The first-order valence-corrected chi connectivity index (χ1v) is 7.24. The zero-order valence-electron chi connectivity index (χ0n) is 11.5. The third kappa shape index (κ3) is 4.66. The third-order valence-electron chi connectivity index (χ3n) is 2.88. The summed E-state index contributed by atoms with van der Waals surface area (Å²) in [5.74, 6) is -0.329. The fraction of sp³-hybridized carbons (Fsp3) is 0.188. The van der Waals surface area contributed by atoms with Crippen LogP contribution in [0.2, 0.25) is 10.0 Å². The quantitative estimate of drug-likeness (QED) is 0.821. The van der Waals surface area contributed by atoms with Crippen molar-refractivity contribution in [2.45, 2.75) is 19.6 Å². The molecule has 3 nitrogen and oxygen atoms in total. The molecule has 2 rings (SSSR count). The second kappa shape index (κ2) is 7.34. The van der Waals surface area contributed by atoms with Crippen LogP contribution in [-0.4, -0.2) is 12.0 Å². The topological polar surface area (TPSA) is 38.3 Å². The minimum absolute atomic E-state index is 0.257. The van der Waals surface area contributed by atoms with Crippen molar-refractivity contribution in [2.24, 2.45) is 0 Å². The van der Waals surface area contributed by atoms with Gasteiger partial charge in [-0.3, -0.25) is 0 Å². The maximum Gasteiger partial charge on any atom is 0.328 e. The summed E-state index contributed by atoms with van der Waals surface area (Å²) in [5.41, 5.74) is 1.67. The number of benzene rings is 2. The molecule has 1 N–H and O–H groups in total. The first-order valence-electron chi connectivity index (χ1n) is 6.48. The Morgan fingerprint density at radius 3 is 2.52 bits per heavy atom. The highest BCUT2D eigenvalue weighted by molar-refractivity contribution is 6.42. The molecular weight excluding hydrogens is 309 g/mol. The van der Waals surface area contributed by atoms with Gasteiger partial charge in [0, 0.05) is 5.69 Å². The van der Waals surface area contributed by atoms with Crippen molar-refractivity contribution < 1.29 is 9.53 Å². The second-order valence-electron chi connectivity index (χ2n) is 4.59. The average Bonchev–Trinajstić information content (AvgIpc) is 2.49. The SMILES string of the molecule is C[C@H](Nc1ccc(Cl)c(Cl)c1)C(=O)OCc1ccccc1. The van der Waals surface area contributed by atoms with Gasteiger partial charge in [-0.05, 0) is 30.7 Å².